The Labute approximate surface area is 132 Å². The maximum absolute atomic E-state index is 12.6. The topological polar surface area (TPSA) is 61.8 Å². The van der Waals surface area contributed by atoms with Gasteiger partial charge in [0.25, 0.3) is 5.91 Å². The number of hydrazone groups is 1. The molecule has 1 aliphatic heterocycles. The van der Waals surface area contributed by atoms with Gasteiger partial charge in [0, 0.05) is 0 Å². The summed E-state index contributed by atoms with van der Waals surface area (Å²) in [6.07, 6.45) is 1.55. The Morgan fingerprint density at radius 2 is 1.95 bits per heavy atom. The molecule has 1 N–H and O–H groups in total. The highest BCUT2D eigenvalue weighted by Gasteiger charge is 2.49. The third-order valence-corrected chi connectivity index (χ3v) is 4.67. The Morgan fingerprint density at radius 3 is 2.59 bits per heavy atom. The van der Waals surface area contributed by atoms with Gasteiger partial charge in [-0.1, -0.05) is 30.3 Å². The summed E-state index contributed by atoms with van der Waals surface area (Å²) in [7, 11) is 0. The van der Waals surface area contributed by atoms with Gasteiger partial charge in [0.05, 0.1) is 11.1 Å². The van der Waals surface area contributed by atoms with Gasteiger partial charge in [0.15, 0.2) is 0 Å². The van der Waals surface area contributed by atoms with Crippen LogP contribution in [0.15, 0.2) is 46.9 Å². The third-order valence-electron chi connectivity index (χ3n) is 3.71. The summed E-state index contributed by atoms with van der Waals surface area (Å²) in [6.45, 7) is 3.65. The highest BCUT2D eigenvalue weighted by atomic mass is 32.1. The number of urea groups is 1. The Balaban J connectivity index is 1.89. The molecule has 0 spiro atoms. The summed E-state index contributed by atoms with van der Waals surface area (Å²) in [6, 6.07) is 10.6. The molecule has 2 aromatic rings. The van der Waals surface area contributed by atoms with E-state index in [1.807, 2.05) is 48.7 Å². The van der Waals surface area contributed by atoms with Crippen molar-refractivity contribution in [2.45, 2.75) is 19.4 Å². The first-order valence-corrected chi connectivity index (χ1v) is 7.70. The number of imide groups is 1. The van der Waals surface area contributed by atoms with E-state index in [0.29, 0.717) is 0 Å². The van der Waals surface area contributed by atoms with Crippen LogP contribution in [0.2, 0.25) is 0 Å². The number of thiophene rings is 1. The zero-order chi connectivity index (χ0) is 15.7. The molecule has 3 rings (SSSR count). The van der Waals surface area contributed by atoms with Crippen molar-refractivity contribution < 1.29 is 9.59 Å². The Kier molecular flexibility index (Phi) is 3.54. The smallest absolute Gasteiger partial charge is 0.318 e. The number of hydrogen-bond donors (Lipinski definition) is 1. The predicted octanol–water partition coefficient (Wildman–Crippen LogP) is 2.86. The van der Waals surface area contributed by atoms with Crippen LogP contribution in [0.25, 0.3) is 0 Å². The van der Waals surface area contributed by atoms with E-state index in [4.69, 9.17) is 0 Å². The van der Waals surface area contributed by atoms with Gasteiger partial charge < -0.3 is 5.32 Å². The molecule has 3 amide bonds. The average molecular weight is 313 g/mol. The zero-order valence-corrected chi connectivity index (χ0v) is 13.1. The lowest BCUT2D eigenvalue weighted by molar-refractivity contribution is -0.131. The van der Waals surface area contributed by atoms with E-state index in [1.165, 1.54) is 11.3 Å². The van der Waals surface area contributed by atoms with Gasteiger partial charge >= 0.3 is 6.03 Å². The van der Waals surface area contributed by atoms with E-state index < -0.39 is 11.6 Å². The molecule has 1 fully saturated rings. The van der Waals surface area contributed by atoms with Gasteiger partial charge in [-0.2, -0.15) is 5.10 Å². The number of benzene rings is 1. The molecule has 1 aromatic heterocycles. The monoisotopic (exact) mass is 313 g/mol. The highest BCUT2D eigenvalue weighted by Crippen LogP contribution is 2.28. The number of carbonyl (C=O) groups excluding carboxylic acids is 2. The summed E-state index contributed by atoms with van der Waals surface area (Å²) in [4.78, 5) is 25.6. The molecule has 0 bridgehead atoms. The molecule has 1 atom stereocenters. The van der Waals surface area contributed by atoms with E-state index in [1.54, 1.807) is 13.1 Å². The van der Waals surface area contributed by atoms with Gasteiger partial charge in [0.2, 0.25) is 0 Å². The summed E-state index contributed by atoms with van der Waals surface area (Å²) in [5, 5.41) is 9.62. The van der Waals surface area contributed by atoms with Crippen LogP contribution in [0.3, 0.4) is 0 Å². The SMILES string of the molecule is Cc1ccsc1/C=N\N1C(=O)N[C@](C)(c2ccccc2)C1=O. The minimum absolute atomic E-state index is 0.380. The summed E-state index contributed by atoms with van der Waals surface area (Å²) in [5.74, 6) is -0.380. The van der Waals surface area contributed by atoms with Crippen LogP contribution in [-0.2, 0) is 10.3 Å². The number of rotatable bonds is 3. The highest BCUT2D eigenvalue weighted by molar-refractivity contribution is 7.11. The number of nitrogens with one attached hydrogen (secondary N) is 1. The lowest BCUT2D eigenvalue weighted by Crippen LogP contribution is -2.40. The second-order valence-electron chi connectivity index (χ2n) is 5.25. The van der Waals surface area contributed by atoms with Crippen LogP contribution in [-0.4, -0.2) is 23.2 Å². The van der Waals surface area contributed by atoms with Crippen molar-refractivity contribution in [1.82, 2.24) is 10.3 Å². The maximum Gasteiger partial charge on any atom is 0.346 e. The minimum atomic E-state index is -1.08. The fraction of sp³-hybridized carbons (Fsp3) is 0.188. The van der Waals surface area contributed by atoms with Crippen molar-refractivity contribution in [2.75, 3.05) is 0 Å². The van der Waals surface area contributed by atoms with Gasteiger partial charge in [-0.15, -0.1) is 16.3 Å². The van der Waals surface area contributed by atoms with Crippen molar-refractivity contribution in [3.63, 3.8) is 0 Å². The van der Waals surface area contributed by atoms with E-state index in [2.05, 4.69) is 10.4 Å². The maximum atomic E-state index is 12.6. The molecular formula is C16H15N3O2S. The summed E-state index contributed by atoms with van der Waals surface area (Å²) < 4.78 is 0. The fourth-order valence-corrected chi connectivity index (χ4v) is 3.10. The predicted molar refractivity (Wildman–Crippen MR) is 85.8 cm³/mol. The molecule has 1 aliphatic rings. The van der Waals surface area contributed by atoms with Crippen molar-refractivity contribution in [3.8, 4) is 0 Å². The Hall–Kier alpha value is -2.47. The van der Waals surface area contributed by atoms with Crippen molar-refractivity contribution in [1.29, 1.82) is 0 Å². The fourth-order valence-electron chi connectivity index (χ4n) is 2.32. The number of carbonyl (C=O) groups is 2. The normalized spacial score (nSPS) is 21.6. The second-order valence-corrected chi connectivity index (χ2v) is 6.20. The number of aryl methyl sites for hydroxylation is 1. The molecule has 112 valence electrons. The molecule has 5 nitrogen and oxygen atoms in total. The average Bonchev–Trinajstić information content (AvgIpc) is 3.01. The second kappa shape index (κ2) is 5.38. The van der Waals surface area contributed by atoms with Gasteiger partial charge in [0.1, 0.15) is 5.54 Å². The quantitative estimate of drug-likeness (QED) is 0.699. The van der Waals surface area contributed by atoms with Crippen LogP contribution in [0, 0.1) is 6.92 Å². The molecular weight excluding hydrogens is 298 g/mol. The van der Waals surface area contributed by atoms with Crippen LogP contribution >= 0.6 is 11.3 Å². The number of hydrogen-bond acceptors (Lipinski definition) is 4. The van der Waals surface area contributed by atoms with Gasteiger partial charge in [-0.05, 0) is 36.4 Å². The first-order valence-electron chi connectivity index (χ1n) is 6.82. The molecule has 0 unspecified atom stereocenters. The molecule has 22 heavy (non-hydrogen) atoms. The minimum Gasteiger partial charge on any atom is -0.318 e. The number of amides is 3. The molecule has 1 saturated heterocycles. The molecule has 0 aliphatic carbocycles. The van der Waals surface area contributed by atoms with E-state index in [-0.39, 0.29) is 5.91 Å². The molecule has 0 radical (unpaired) electrons. The summed E-state index contributed by atoms with van der Waals surface area (Å²) >= 11 is 1.51. The van der Waals surface area contributed by atoms with Crippen molar-refractivity contribution in [3.05, 3.63) is 57.8 Å². The molecule has 0 saturated carbocycles. The zero-order valence-electron chi connectivity index (χ0n) is 12.2. The molecule has 1 aromatic carbocycles. The van der Waals surface area contributed by atoms with E-state index >= 15 is 0 Å². The third kappa shape index (κ3) is 2.31. The summed E-state index contributed by atoms with van der Waals surface area (Å²) in [5.41, 5.74) is 0.713. The largest absolute Gasteiger partial charge is 0.346 e. The van der Waals surface area contributed by atoms with Crippen molar-refractivity contribution in [2.24, 2.45) is 5.10 Å². The van der Waals surface area contributed by atoms with Crippen LogP contribution < -0.4 is 5.32 Å². The standard InChI is InChI=1S/C16H15N3O2S/c1-11-8-9-22-13(11)10-17-19-14(20)16(2,18-15(19)21)12-6-4-3-5-7-12/h3-10H,1-2H3,(H,18,21)/b17-10-/t16-/m1/s1. The van der Waals surface area contributed by atoms with Crippen LogP contribution in [0.1, 0.15) is 22.9 Å². The lowest BCUT2D eigenvalue weighted by Gasteiger charge is -2.20. The number of nitrogens with zero attached hydrogens (tertiary/aromatic N) is 2. The van der Waals surface area contributed by atoms with E-state index in [9.17, 15) is 9.59 Å². The van der Waals surface area contributed by atoms with Crippen LogP contribution in [0.4, 0.5) is 4.79 Å². The van der Waals surface area contributed by atoms with Gasteiger partial charge in [-0.3, -0.25) is 4.79 Å². The van der Waals surface area contributed by atoms with Gasteiger partial charge in [-0.25, -0.2) is 4.79 Å². The first-order chi connectivity index (χ1) is 10.5. The van der Waals surface area contributed by atoms with E-state index in [0.717, 1.165) is 21.0 Å². The van der Waals surface area contributed by atoms with Crippen LogP contribution in [0.5, 0.6) is 0 Å². The van der Waals surface area contributed by atoms with Crippen molar-refractivity contribution >= 4 is 29.5 Å². The first kappa shape index (κ1) is 14.5. The lowest BCUT2D eigenvalue weighted by atomic mass is 9.92. The Bertz CT molecular complexity index is 754. The Morgan fingerprint density at radius 1 is 1.23 bits per heavy atom. The molecule has 2 heterocycles. The molecule has 6 heteroatoms.